The Balaban J connectivity index is 2.10. The molecule has 0 aliphatic rings. The van der Waals surface area contributed by atoms with E-state index in [-0.39, 0.29) is 19.1 Å². The Morgan fingerprint density at radius 1 is 1.50 bits per heavy atom. The number of amides is 1. The molecule has 3 nitrogen and oxygen atoms in total. The number of halogens is 3. The van der Waals surface area contributed by atoms with Crippen LogP contribution in [0, 0.1) is 0 Å². The monoisotopic (exact) mass is 253 g/mol. The van der Waals surface area contributed by atoms with Crippen molar-refractivity contribution in [3.05, 3.63) is 22.4 Å². The molecule has 0 radical (unpaired) electrons. The van der Waals surface area contributed by atoms with Crippen molar-refractivity contribution in [2.75, 3.05) is 19.8 Å². The molecule has 1 amide bonds. The molecule has 0 aliphatic carbocycles. The first-order valence-electron chi connectivity index (χ1n) is 4.45. The number of hydrogen-bond acceptors (Lipinski definition) is 3. The predicted molar refractivity (Wildman–Crippen MR) is 53.5 cm³/mol. The minimum atomic E-state index is -4.32. The molecular weight excluding hydrogens is 243 g/mol. The van der Waals surface area contributed by atoms with Gasteiger partial charge in [0.1, 0.15) is 6.61 Å². The van der Waals surface area contributed by atoms with E-state index in [1.165, 1.54) is 11.3 Å². The Kier molecular flexibility index (Phi) is 4.75. The maximum Gasteiger partial charge on any atom is 0.411 e. The van der Waals surface area contributed by atoms with E-state index < -0.39 is 12.8 Å². The Morgan fingerprint density at radius 2 is 2.25 bits per heavy atom. The minimum absolute atomic E-state index is 0.0623. The summed E-state index contributed by atoms with van der Waals surface area (Å²) < 4.78 is 39.3. The predicted octanol–water partition coefficient (Wildman–Crippen LogP) is 2.06. The summed E-state index contributed by atoms with van der Waals surface area (Å²) in [5.74, 6) is -0.300. The van der Waals surface area contributed by atoms with Crippen LogP contribution >= 0.6 is 11.3 Å². The van der Waals surface area contributed by atoms with E-state index in [0.717, 1.165) is 0 Å². The molecule has 0 bridgehead atoms. The highest BCUT2D eigenvalue weighted by atomic mass is 32.1. The van der Waals surface area contributed by atoms with E-state index in [0.29, 0.717) is 4.88 Å². The molecule has 1 aromatic rings. The zero-order chi connectivity index (χ0) is 12.0. The summed E-state index contributed by atoms with van der Waals surface area (Å²) >= 11 is 1.27. The third kappa shape index (κ3) is 5.13. The van der Waals surface area contributed by atoms with Gasteiger partial charge in [0.2, 0.25) is 0 Å². The Bertz CT molecular complexity index is 324. The number of thiophene rings is 1. The molecule has 0 unspecified atom stereocenters. The van der Waals surface area contributed by atoms with Crippen molar-refractivity contribution < 1.29 is 22.7 Å². The van der Waals surface area contributed by atoms with E-state index in [1.807, 2.05) is 0 Å². The highest BCUT2D eigenvalue weighted by Crippen LogP contribution is 2.14. The molecule has 1 N–H and O–H groups in total. The highest BCUT2D eigenvalue weighted by Gasteiger charge is 2.27. The summed E-state index contributed by atoms with van der Waals surface area (Å²) in [5, 5.41) is 4.20. The molecule has 0 atom stereocenters. The fraction of sp³-hybridized carbons (Fsp3) is 0.444. The summed E-state index contributed by atoms with van der Waals surface area (Å²) in [6.45, 7) is -1.38. The summed E-state index contributed by atoms with van der Waals surface area (Å²) in [6, 6.07) is 3.36. The van der Waals surface area contributed by atoms with Gasteiger partial charge in [-0.25, -0.2) is 0 Å². The molecule has 0 aliphatic heterocycles. The van der Waals surface area contributed by atoms with E-state index in [9.17, 15) is 18.0 Å². The van der Waals surface area contributed by atoms with Gasteiger partial charge >= 0.3 is 6.18 Å². The molecule has 0 saturated heterocycles. The van der Waals surface area contributed by atoms with Crippen LogP contribution in [0.1, 0.15) is 9.67 Å². The lowest BCUT2D eigenvalue weighted by Gasteiger charge is -2.07. The zero-order valence-electron chi connectivity index (χ0n) is 8.21. The summed E-state index contributed by atoms with van der Waals surface area (Å²) in [5.41, 5.74) is 0. The standard InChI is InChI=1S/C9H10F3NO2S/c10-9(11,12)6-15-4-3-13-8(14)7-2-1-5-16-7/h1-2,5H,3-4,6H2,(H,13,14). The number of rotatable bonds is 5. The van der Waals surface area contributed by atoms with Crippen LogP contribution in [0.3, 0.4) is 0 Å². The van der Waals surface area contributed by atoms with Crippen molar-refractivity contribution in [3.8, 4) is 0 Å². The first-order chi connectivity index (χ1) is 7.49. The lowest BCUT2D eigenvalue weighted by Crippen LogP contribution is -2.28. The number of carbonyl (C=O) groups excluding carboxylic acids is 1. The quantitative estimate of drug-likeness (QED) is 0.816. The van der Waals surface area contributed by atoms with Gasteiger partial charge in [-0.05, 0) is 11.4 Å². The van der Waals surface area contributed by atoms with Gasteiger partial charge in [-0.15, -0.1) is 11.3 Å². The normalized spacial score (nSPS) is 11.4. The fourth-order valence-corrected chi connectivity index (χ4v) is 1.56. The maximum absolute atomic E-state index is 11.7. The molecule has 0 aromatic carbocycles. The molecule has 1 aromatic heterocycles. The van der Waals surface area contributed by atoms with Crippen LogP contribution in [0.4, 0.5) is 13.2 Å². The zero-order valence-corrected chi connectivity index (χ0v) is 9.03. The average molecular weight is 253 g/mol. The Hall–Kier alpha value is -1.08. The third-order valence-electron chi connectivity index (χ3n) is 1.54. The van der Waals surface area contributed by atoms with Crippen molar-refractivity contribution in [2.24, 2.45) is 0 Å². The Morgan fingerprint density at radius 3 is 2.81 bits per heavy atom. The number of hydrogen-bond donors (Lipinski definition) is 1. The molecule has 1 heterocycles. The first-order valence-corrected chi connectivity index (χ1v) is 5.33. The van der Waals surface area contributed by atoms with Crippen molar-refractivity contribution >= 4 is 17.2 Å². The number of carbonyl (C=O) groups is 1. The van der Waals surface area contributed by atoms with Crippen molar-refractivity contribution in [1.82, 2.24) is 5.32 Å². The van der Waals surface area contributed by atoms with Crippen LogP contribution in [-0.4, -0.2) is 31.8 Å². The number of alkyl halides is 3. The van der Waals surface area contributed by atoms with Gasteiger partial charge in [0.25, 0.3) is 5.91 Å². The maximum atomic E-state index is 11.7. The minimum Gasteiger partial charge on any atom is -0.370 e. The van der Waals surface area contributed by atoms with Crippen molar-refractivity contribution in [3.63, 3.8) is 0 Å². The lowest BCUT2D eigenvalue weighted by molar-refractivity contribution is -0.173. The summed E-state index contributed by atoms with van der Waals surface area (Å²) in [7, 11) is 0. The van der Waals surface area contributed by atoms with Gasteiger partial charge in [-0.1, -0.05) is 6.07 Å². The first kappa shape index (κ1) is 13.0. The van der Waals surface area contributed by atoms with Gasteiger partial charge in [-0.2, -0.15) is 13.2 Å². The molecule has 7 heteroatoms. The molecule has 0 saturated carbocycles. The topological polar surface area (TPSA) is 38.3 Å². The summed E-state index contributed by atoms with van der Waals surface area (Å²) in [6.07, 6.45) is -4.32. The van der Waals surface area contributed by atoms with Gasteiger partial charge in [0.15, 0.2) is 0 Å². The van der Waals surface area contributed by atoms with Crippen molar-refractivity contribution in [2.45, 2.75) is 6.18 Å². The molecule has 1 rings (SSSR count). The Labute approximate surface area is 94.2 Å². The number of nitrogens with one attached hydrogen (secondary N) is 1. The fourth-order valence-electron chi connectivity index (χ4n) is 0.920. The number of ether oxygens (including phenoxy) is 1. The van der Waals surface area contributed by atoms with Crippen LogP contribution in [0.5, 0.6) is 0 Å². The van der Waals surface area contributed by atoms with Gasteiger partial charge in [0.05, 0.1) is 11.5 Å². The van der Waals surface area contributed by atoms with Crippen LogP contribution in [0.15, 0.2) is 17.5 Å². The molecule has 0 fully saturated rings. The second-order valence-corrected chi connectivity index (χ2v) is 3.85. The smallest absolute Gasteiger partial charge is 0.370 e. The van der Waals surface area contributed by atoms with E-state index in [2.05, 4.69) is 10.1 Å². The van der Waals surface area contributed by atoms with Gasteiger partial charge < -0.3 is 10.1 Å². The second-order valence-electron chi connectivity index (χ2n) is 2.90. The van der Waals surface area contributed by atoms with Crippen LogP contribution in [0.2, 0.25) is 0 Å². The second kappa shape index (κ2) is 5.86. The molecule has 16 heavy (non-hydrogen) atoms. The largest absolute Gasteiger partial charge is 0.411 e. The third-order valence-corrected chi connectivity index (χ3v) is 2.41. The molecule has 0 spiro atoms. The van der Waals surface area contributed by atoms with E-state index >= 15 is 0 Å². The van der Waals surface area contributed by atoms with E-state index in [1.54, 1.807) is 17.5 Å². The summed E-state index contributed by atoms with van der Waals surface area (Å²) in [4.78, 5) is 11.8. The lowest BCUT2D eigenvalue weighted by atomic mass is 10.4. The highest BCUT2D eigenvalue weighted by molar-refractivity contribution is 7.12. The van der Waals surface area contributed by atoms with Gasteiger partial charge in [0, 0.05) is 6.54 Å². The van der Waals surface area contributed by atoms with Crippen LogP contribution in [0.25, 0.3) is 0 Å². The van der Waals surface area contributed by atoms with Crippen LogP contribution in [-0.2, 0) is 4.74 Å². The van der Waals surface area contributed by atoms with E-state index in [4.69, 9.17) is 0 Å². The van der Waals surface area contributed by atoms with Crippen molar-refractivity contribution in [1.29, 1.82) is 0 Å². The molecular formula is C9H10F3NO2S. The molecule has 90 valence electrons. The average Bonchev–Trinajstić information content (AvgIpc) is 2.67. The SMILES string of the molecule is O=C(NCCOCC(F)(F)F)c1cccs1. The van der Waals surface area contributed by atoms with Crippen LogP contribution < -0.4 is 5.32 Å². The van der Waals surface area contributed by atoms with Gasteiger partial charge in [-0.3, -0.25) is 4.79 Å².